The maximum absolute atomic E-state index is 2.40. The molecule has 0 unspecified atom stereocenters. The van der Waals surface area contributed by atoms with Gasteiger partial charge in [0.15, 0.2) is 0 Å². The summed E-state index contributed by atoms with van der Waals surface area (Å²) in [5.74, 6) is 0. The van der Waals surface area contributed by atoms with Gasteiger partial charge in [0.1, 0.15) is 0 Å². The summed E-state index contributed by atoms with van der Waals surface area (Å²) in [4.78, 5) is 0. The minimum absolute atomic E-state index is 1.13. The van der Waals surface area contributed by atoms with Crippen LogP contribution < -0.4 is 0 Å². The molecule has 0 atom stereocenters. The molecule has 0 aromatic rings. The van der Waals surface area contributed by atoms with Crippen LogP contribution in [-0.2, 0) is 0 Å². The molecular weight excluding hydrogens is 372 g/mol. The maximum atomic E-state index is 2.40. The Labute approximate surface area is 198 Å². The summed E-state index contributed by atoms with van der Waals surface area (Å²) < 4.78 is 0. The lowest BCUT2D eigenvalue weighted by Crippen LogP contribution is -1.82. The predicted octanol–water partition coefficient (Wildman–Crippen LogP) is 11.9. The normalized spacial score (nSPS) is 11.9. The molecule has 184 valence electrons. The number of hydrogen-bond donors (Lipinski definition) is 0. The third kappa shape index (κ3) is 29.5. The fraction of sp³-hybridized carbons (Fsp3) is 0.871. The zero-order valence-electron chi connectivity index (χ0n) is 22.0. The Hall–Kier alpha value is -0.520. The largest absolute Gasteiger partial charge is 0.0882 e. The zero-order valence-corrected chi connectivity index (χ0v) is 22.0. The highest BCUT2D eigenvalue weighted by Crippen LogP contribution is 2.13. The molecule has 0 radical (unpaired) electrons. The second kappa shape index (κ2) is 29.5. The Kier molecular flexibility index (Phi) is 29.0. The molecular formula is C31H60. The zero-order chi connectivity index (χ0) is 22.5. The van der Waals surface area contributed by atoms with Gasteiger partial charge in [-0.3, -0.25) is 0 Å². The summed E-state index contributed by atoms with van der Waals surface area (Å²) in [6, 6.07) is 0. The van der Waals surface area contributed by atoms with Gasteiger partial charge in [0.2, 0.25) is 0 Å². The molecule has 0 nitrogen and oxygen atoms in total. The Bertz CT molecular complexity index is 317. The van der Waals surface area contributed by atoms with Crippen molar-refractivity contribution in [2.24, 2.45) is 0 Å². The minimum Gasteiger partial charge on any atom is -0.0882 e. The van der Waals surface area contributed by atoms with Crippen molar-refractivity contribution in [2.45, 2.75) is 174 Å². The van der Waals surface area contributed by atoms with E-state index in [4.69, 9.17) is 0 Å². The van der Waals surface area contributed by atoms with E-state index in [2.05, 4.69) is 38.2 Å². The number of rotatable bonds is 26. The SMILES string of the molecule is CCCCCCCCCCCCC/C=C\C/C=C\CCCCCCCCCCCCC. The first-order chi connectivity index (χ1) is 15.4. The Morgan fingerprint density at radius 1 is 0.290 bits per heavy atom. The molecule has 0 heteroatoms. The van der Waals surface area contributed by atoms with Gasteiger partial charge in [-0.1, -0.05) is 167 Å². The monoisotopic (exact) mass is 432 g/mol. The lowest BCUT2D eigenvalue weighted by atomic mass is 10.1. The second-order valence-electron chi connectivity index (χ2n) is 9.83. The fourth-order valence-electron chi connectivity index (χ4n) is 4.36. The van der Waals surface area contributed by atoms with Gasteiger partial charge in [-0.15, -0.1) is 0 Å². The van der Waals surface area contributed by atoms with Crippen molar-refractivity contribution in [2.75, 3.05) is 0 Å². The minimum atomic E-state index is 1.13. The molecule has 0 saturated heterocycles. The van der Waals surface area contributed by atoms with Gasteiger partial charge in [-0.05, 0) is 32.1 Å². The van der Waals surface area contributed by atoms with E-state index in [1.165, 1.54) is 154 Å². The summed E-state index contributed by atoms with van der Waals surface area (Å²) in [6.07, 6.45) is 44.9. The third-order valence-corrected chi connectivity index (χ3v) is 6.55. The van der Waals surface area contributed by atoms with Crippen molar-refractivity contribution in [3.63, 3.8) is 0 Å². The van der Waals surface area contributed by atoms with E-state index in [1.807, 2.05) is 0 Å². The van der Waals surface area contributed by atoms with Gasteiger partial charge >= 0.3 is 0 Å². The van der Waals surface area contributed by atoms with Crippen molar-refractivity contribution < 1.29 is 0 Å². The molecule has 0 aliphatic carbocycles. The Morgan fingerprint density at radius 2 is 0.548 bits per heavy atom. The third-order valence-electron chi connectivity index (χ3n) is 6.55. The van der Waals surface area contributed by atoms with Gasteiger partial charge in [-0.25, -0.2) is 0 Å². The summed E-state index contributed by atoms with van der Waals surface area (Å²) >= 11 is 0. The van der Waals surface area contributed by atoms with Crippen LogP contribution in [0.2, 0.25) is 0 Å². The van der Waals surface area contributed by atoms with Crippen molar-refractivity contribution in [1.82, 2.24) is 0 Å². The van der Waals surface area contributed by atoms with Gasteiger partial charge in [0.25, 0.3) is 0 Å². The molecule has 0 aliphatic heterocycles. The quantitative estimate of drug-likeness (QED) is 0.0941. The Balaban J connectivity index is 3.14. The lowest BCUT2D eigenvalue weighted by Gasteiger charge is -2.01. The number of hydrogen-bond acceptors (Lipinski definition) is 0. The van der Waals surface area contributed by atoms with Crippen molar-refractivity contribution >= 4 is 0 Å². The van der Waals surface area contributed by atoms with Crippen LogP contribution in [0.25, 0.3) is 0 Å². The van der Waals surface area contributed by atoms with E-state index in [9.17, 15) is 0 Å². The molecule has 0 rings (SSSR count). The van der Waals surface area contributed by atoms with Crippen LogP contribution in [0.4, 0.5) is 0 Å². The standard InChI is InChI=1S/C31H60/c1-3-5-7-9-11-13-15-17-19-21-23-25-27-29-31-30-28-26-24-22-20-18-16-14-12-10-8-6-4-2/h27-30H,3-26,31H2,1-2H3/b29-27-,30-28-. The van der Waals surface area contributed by atoms with Crippen molar-refractivity contribution in [3.8, 4) is 0 Å². The molecule has 31 heavy (non-hydrogen) atoms. The average Bonchev–Trinajstić information content (AvgIpc) is 2.78. The fourth-order valence-corrected chi connectivity index (χ4v) is 4.36. The van der Waals surface area contributed by atoms with E-state index in [-0.39, 0.29) is 0 Å². The summed E-state index contributed by atoms with van der Waals surface area (Å²) in [7, 11) is 0. The molecule has 0 amide bonds. The number of allylic oxidation sites excluding steroid dienone is 4. The summed E-state index contributed by atoms with van der Waals surface area (Å²) in [5, 5.41) is 0. The van der Waals surface area contributed by atoms with Crippen LogP contribution >= 0.6 is 0 Å². The predicted molar refractivity (Wildman–Crippen MR) is 145 cm³/mol. The molecule has 0 N–H and O–H groups in total. The van der Waals surface area contributed by atoms with Crippen LogP contribution in [-0.4, -0.2) is 0 Å². The van der Waals surface area contributed by atoms with Crippen LogP contribution in [0.5, 0.6) is 0 Å². The summed E-state index contributed by atoms with van der Waals surface area (Å²) in [6.45, 7) is 4.60. The molecule has 0 aliphatic rings. The Morgan fingerprint density at radius 3 is 0.839 bits per heavy atom. The van der Waals surface area contributed by atoms with Crippen LogP contribution in [0.15, 0.2) is 24.3 Å². The van der Waals surface area contributed by atoms with E-state index in [1.54, 1.807) is 0 Å². The molecule has 0 aromatic heterocycles. The van der Waals surface area contributed by atoms with E-state index in [0.29, 0.717) is 0 Å². The molecule has 0 bridgehead atoms. The smallest absolute Gasteiger partial charge is 0.0169 e. The van der Waals surface area contributed by atoms with Crippen LogP contribution in [0.1, 0.15) is 174 Å². The van der Waals surface area contributed by atoms with E-state index >= 15 is 0 Å². The van der Waals surface area contributed by atoms with Gasteiger partial charge in [-0.2, -0.15) is 0 Å². The topological polar surface area (TPSA) is 0 Å². The molecule has 0 heterocycles. The first-order valence-corrected chi connectivity index (χ1v) is 14.7. The van der Waals surface area contributed by atoms with Crippen molar-refractivity contribution in [1.29, 1.82) is 0 Å². The number of unbranched alkanes of at least 4 members (excludes halogenated alkanes) is 22. The van der Waals surface area contributed by atoms with E-state index in [0.717, 1.165) is 6.42 Å². The lowest BCUT2D eigenvalue weighted by molar-refractivity contribution is 0.550. The van der Waals surface area contributed by atoms with Gasteiger partial charge in [0, 0.05) is 0 Å². The highest BCUT2D eigenvalue weighted by molar-refractivity contribution is 4.92. The molecule has 0 fully saturated rings. The van der Waals surface area contributed by atoms with Gasteiger partial charge < -0.3 is 0 Å². The molecule has 0 spiro atoms. The van der Waals surface area contributed by atoms with Crippen molar-refractivity contribution in [3.05, 3.63) is 24.3 Å². The molecule has 0 saturated carbocycles. The highest BCUT2D eigenvalue weighted by atomic mass is 14.0. The van der Waals surface area contributed by atoms with Crippen LogP contribution in [0.3, 0.4) is 0 Å². The second-order valence-corrected chi connectivity index (χ2v) is 9.83. The average molecular weight is 433 g/mol. The van der Waals surface area contributed by atoms with Gasteiger partial charge in [0.05, 0.1) is 0 Å². The van der Waals surface area contributed by atoms with Crippen LogP contribution in [0, 0.1) is 0 Å². The summed E-state index contributed by atoms with van der Waals surface area (Å²) in [5.41, 5.74) is 0. The molecule has 0 aromatic carbocycles. The maximum Gasteiger partial charge on any atom is -0.0169 e. The first kappa shape index (κ1) is 30.5. The highest BCUT2D eigenvalue weighted by Gasteiger charge is 1.93. The first-order valence-electron chi connectivity index (χ1n) is 14.7. The van der Waals surface area contributed by atoms with E-state index < -0.39 is 0 Å².